The maximum Gasteiger partial charge on any atom is 0.0702 e. The summed E-state index contributed by atoms with van der Waals surface area (Å²) in [4.78, 5) is 1.25. The number of hydrogen-bond donors (Lipinski definition) is 1. The Labute approximate surface area is 133 Å². The lowest BCUT2D eigenvalue weighted by Gasteiger charge is -2.18. The van der Waals surface area contributed by atoms with Gasteiger partial charge in [-0.15, -0.1) is 11.3 Å². The molecule has 0 aliphatic carbocycles. The van der Waals surface area contributed by atoms with Gasteiger partial charge in [-0.1, -0.05) is 34.5 Å². The van der Waals surface area contributed by atoms with E-state index in [9.17, 15) is 0 Å². The van der Waals surface area contributed by atoms with Gasteiger partial charge >= 0.3 is 0 Å². The van der Waals surface area contributed by atoms with Crippen LogP contribution in [0.5, 0.6) is 0 Å². The van der Waals surface area contributed by atoms with Crippen LogP contribution >= 0.6 is 54.8 Å². The van der Waals surface area contributed by atoms with Crippen molar-refractivity contribution in [3.63, 3.8) is 0 Å². The standard InChI is InChI=1S/C13H12Br2ClNS/c1-2-17-13(11-5-6-12(15)18-11)9-7-8(14)3-4-10(9)16/h3-7,13,17H,2H2,1H3. The third kappa shape index (κ3) is 3.36. The van der Waals surface area contributed by atoms with Gasteiger partial charge in [0.05, 0.1) is 9.83 Å². The van der Waals surface area contributed by atoms with Crippen molar-refractivity contribution < 1.29 is 0 Å². The molecule has 0 amide bonds. The maximum atomic E-state index is 6.32. The molecule has 1 unspecified atom stereocenters. The summed E-state index contributed by atoms with van der Waals surface area (Å²) >= 11 is 15.0. The molecule has 0 fully saturated rings. The Morgan fingerprint density at radius 1 is 1.28 bits per heavy atom. The van der Waals surface area contributed by atoms with Crippen molar-refractivity contribution in [3.05, 3.63) is 54.1 Å². The fourth-order valence-electron chi connectivity index (χ4n) is 1.79. The molecule has 2 aromatic rings. The summed E-state index contributed by atoms with van der Waals surface area (Å²) in [5, 5.41) is 4.27. The maximum absolute atomic E-state index is 6.32. The summed E-state index contributed by atoms with van der Waals surface area (Å²) in [6.45, 7) is 2.99. The minimum absolute atomic E-state index is 0.135. The summed E-state index contributed by atoms with van der Waals surface area (Å²) in [5.74, 6) is 0. The molecule has 1 aromatic heterocycles. The predicted octanol–water partition coefficient (Wildman–Crippen LogP) is 5.63. The molecule has 1 nitrogen and oxygen atoms in total. The number of hydrogen-bond acceptors (Lipinski definition) is 2. The zero-order valence-electron chi connectivity index (χ0n) is 9.71. The Hall–Kier alpha value is 0.130. The van der Waals surface area contributed by atoms with Gasteiger partial charge in [0.25, 0.3) is 0 Å². The first-order valence-electron chi connectivity index (χ1n) is 5.55. The number of benzene rings is 1. The van der Waals surface area contributed by atoms with Crippen LogP contribution in [0.1, 0.15) is 23.4 Å². The minimum Gasteiger partial charge on any atom is -0.306 e. The van der Waals surface area contributed by atoms with E-state index in [4.69, 9.17) is 11.6 Å². The molecule has 18 heavy (non-hydrogen) atoms. The van der Waals surface area contributed by atoms with E-state index < -0.39 is 0 Å². The molecular formula is C13H12Br2ClNS. The zero-order chi connectivity index (χ0) is 13.1. The van der Waals surface area contributed by atoms with E-state index in [-0.39, 0.29) is 6.04 Å². The summed E-state index contributed by atoms with van der Waals surface area (Å²) in [7, 11) is 0. The molecule has 2 rings (SSSR count). The van der Waals surface area contributed by atoms with Gasteiger partial charge < -0.3 is 5.32 Å². The molecule has 5 heteroatoms. The van der Waals surface area contributed by atoms with E-state index in [1.54, 1.807) is 11.3 Å². The highest BCUT2D eigenvalue weighted by molar-refractivity contribution is 9.11. The fourth-order valence-corrected chi connectivity index (χ4v) is 3.91. The van der Waals surface area contributed by atoms with Crippen molar-refractivity contribution in [3.8, 4) is 0 Å². The van der Waals surface area contributed by atoms with Crippen molar-refractivity contribution in [1.82, 2.24) is 5.32 Å². The van der Waals surface area contributed by atoms with Gasteiger partial charge in [-0.3, -0.25) is 0 Å². The monoisotopic (exact) mass is 407 g/mol. The summed E-state index contributed by atoms with van der Waals surface area (Å²) in [5.41, 5.74) is 1.10. The number of thiophene rings is 1. The van der Waals surface area contributed by atoms with Gasteiger partial charge in [-0.05, 0) is 58.4 Å². The molecule has 0 aliphatic rings. The zero-order valence-corrected chi connectivity index (χ0v) is 14.5. The SMILES string of the molecule is CCNC(c1ccc(Br)s1)c1cc(Br)ccc1Cl. The number of nitrogens with one attached hydrogen (secondary N) is 1. The highest BCUT2D eigenvalue weighted by Gasteiger charge is 2.18. The van der Waals surface area contributed by atoms with Crippen molar-refractivity contribution in [2.45, 2.75) is 13.0 Å². The molecule has 0 bridgehead atoms. The second-order valence-electron chi connectivity index (χ2n) is 3.80. The lowest BCUT2D eigenvalue weighted by atomic mass is 10.1. The summed E-state index contributed by atoms with van der Waals surface area (Å²) in [6, 6.07) is 10.3. The first-order valence-corrected chi connectivity index (χ1v) is 8.33. The lowest BCUT2D eigenvalue weighted by Crippen LogP contribution is -2.21. The fraction of sp³-hybridized carbons (Fsp3) is 0.231. The van der Waals surface area contributed by atoms with E-state index >= 15 is 0 Å². The lowest BCUT2D eigenvalue weighted by molar-refractivity contribution is 0.639. The summed E-state index contributed by atoms with van der Waals surface area (Å²) < 4.78 is 2.17. The van der Waals surface area contributed by atoms with Gasteiger partial charge in [0.2, 0.25) is 0 Å². The second-order valence-corrected chi connectivity index (χ2v) is 7.62. The largest absolute Gasteiger partial charge is 0.306 e. The van der Waals surface area contributed by atoms with Crippen LogP contribution in [-0.2, 0) is 0 Å². The van der Waals surface area contributed by atoms with E-state index in [1.165, 1.54) is 4.88 Å². The molecule has 96 valence electrons. The molecule has 0 spiro atoms. The van der Waals surface area contributed by atoms with E-state index in [1.807, 2.05) is 12.1 Å². The van der Waals surface area contributed by atoms with Crippen LogP contribution in [0.4, 0.5) is 0 Å². The van der Waals surface area contributed by atoms with Gasteiger partial charge in [0.1, 0.15) is 0 Å². The van der Waals surface area contributed by atoms with E-state index in [2.05, 4.69) is 62.3 Å². The van der Waals surface area contributed by atoms with Crippen LogP contribution in [0, 0.1) is 0 Å². The first-order chi connectivity index (χ1) is 8.61. The van der Waals surface area contributed by atoms with Crippen LogP contribution in [0.25, 0.3) is 0 Å². The quantitative estimate of drug-likeness (QED) is 0.690. The third-order valence-electron chi connectivity index (χ3n) is 2.56. The summed E-state index contributed by atoms with van der Waals surface area (Å²) in [6.07, 6.45) is 0. The van der Waals surface area contributed by atoms with E-state index in [0.29, 0.717) is 0 Å². The van der Waals surface area contributed by atoms with Crippen LogP contribution in [0.15, 0.2) is 38.6 Å². The van der Waals surface area contributed by atoms with Gasteiger partial charge in [-0.2, -0.15) is 0 Å². The van der Waals surface area contributed by atoms with Crippen LogP contribution < -0.4 is 5.32 Å². The Morgan fingerprint density at radius 2 is 2.06 bits per heavy atom. The molecule has 1 atom stereocenters. The predicted molar refractivity (Wildman–Crippen MR) is 86.7 cm³/mol. The molecule has 1 heterocycles. The number of rotatable bonds is 4. The molecule has 0 radical (unpaired) electrons. The van der Waals surface area contributed by atoms with Crippen molar-refractivity contribution in [2.75, 3.05) is 6.54 Å². The molecule has 0 saturated carbocycles. The van der Waals surface area contributed by atoms with E-state index in [0.717, 1.165) is 25.4 Å². The van der Waals surface area contributed by atoms with Gasteiger partial charge in [0.15, 0.2) is 0 Å². The van der Waals surface area contributed by atoms with Crippen molar-refractivity contribution in [2.24, 2.45) is 0 Å². The Balaban J connectivity index is 2.44. The smallest absolute Gasteiger partial charge is 0.0702 e. The van der Waals surface area contributed by atoms with Crippen LogP contribution in [0.3, 0.4) is 0 Å². The van der Waals surface area contributed by atoms with Crippen molar-refractivity contribution >= 4 is 54.8 Å². The molecule has 1 N–H and O–H groups in total. The van der Waals surface area contributed by atoms with Crippen LogP contribution in [0.2, 0.25) is 5.02 Å². The van der Waals surface area contributed by atoms with Crippen LogP contribution in [-0.4, -0.2) is 6.54 Å². The highest BCUT2D eigenvalue weighted by Crippen LogP contribution is 2.35. The average Bonchev–Trinajstić information content (AvgIpc) is 2.76. The first kappa shape index (κ1) is 14.5. The Kier molecular flexibility index (Phi) is 5.27. The topological polar surface area (TPSA) is 12.0 Å². The molecule has 0 aliphatic heterocycles. The molecular weight excluding hydrogens is 397 g/mol. The normalized spacial score (nSPS) is 12.7. The third-order valence-corrected chi connectivity index (χ3v) is 5.08. The average molecular weight is 410 g/mol. The number of halogens is 3. The molecule has 1 aromatic carbocycles. The Bertz CT molecular complexity index is 542. The molecule has 0 saturated heterocycles. The van der Waals surface area contributed by atoms with Gasteiger partial charge in [-0.25, -0.2) is 0 Å². The minimum atomic E-state index is 0.135. The Morgan fingerprint density at radius 3 is 2.67 bits per heavy atom. The highest BCUT2D eigenvalue weighted by atomic mass is 79.9. The van der Waals surface area contributed by atoms with Gasteiger partial charge in [0, 0.05) is 14.4 Å². The second kappa shape index (κ2) is 6.53. The van der Waals surface area contributed by atoms with Crippen molar-refractivity contribution in [1.29, 1.82) is 0 Å².